The average Bonchev–Trinajstić information content (AvgIpc) is 3.16. The molecule has 0 saturated heterocycles. The van der Waals surface area contributed by atoms with E-state index in [4.69, 9.17) is 0 Å². The molecule has 2 aromatic heterocycles. The summed E-state index contributed by atoms with van der Waals surface area (Å²) in [7, 11) is 0. The van der Waals surface area contributed by atoms with Crippen molar-refractivity contribution in [3.05, 3.63) is 88.4 Å². The van der Waals surface area contributed by atoms with Crippen molar-refractivity contribution in [3.8, 4) is 11.5 Å². The molecule has 0 amide bonds. The van der Waals surface area contributed by atoms with Crippen LogP contribution in [0.2, 0.25) is 0 Å². The minimum absolute atomic E-state index is 0. The number of phenols is 2. The predicted molar refractivity (Wildman–Crippen MR) is 104 cm³/mol. The number of fused-ring (bicyclic) bond motifs is 1. The molecule has 7 heteroatoms. The summed E-state index contributed by atoms with van der Waals surface area (Å²) in [5.41, 5.74) is 0.918. The van der Waals surface area contributed by atoms with Gasteiger partial charge in [0.1, 0.15) is 11.3 Å². The van der Waals surface area contributed by atoms with Crippen molar-refractivity contribution in [3.63, 3.8) is 0 Å². The molecule has 0 spiro atoms. The van der Waals surface area contributed by atoms with Crippen molar-refractivity contribution in [1.29, 1.82) is 0 Å². The maximum absolute atomic E-state index is 11.6. The first-order valence-electron chi connectivity index (χ1n) is 7.80. The van der Waals surface area contributed by atoms with Crippen LogP contribution in [0, 0.1) is 5.21 Å². The molecule has 0 atom stereocenters. The minimum atomic E-state index is -0.0136. The molecule has 0 fully saturated rings. The average molecular weight is 428 g/mol. The molecule has 0 saturated carbocycles. The number of hydrogen-bond acceptors (Lipinski definition) is 5. The summed E-state index contributed by atoms with van der Waals surface area (Å²) in [6.07, 6.45) is 3.11. The Morgan fingerprint density at radius 2 is 1.63 bits per heavy atom. The molecule has 5 nitrogen and oxygen atoms in total. The molecule has 141 valence electrons. The Morgan fingerprint density at radius 3 is 2.33 bits per heavy atom. The van der Waals surface area contributed by atoms with E-state index in [0.29, 0.717) is 10.3 Å². The molecule has 0 aliphatic heterocycles. The SMILES string of the molecule is Oc1cccc2cccnc12.[Cu].[O-]/[N+](=C\c1cccs1)c1ccccc1O. The molecule has 0 aliphatic carbocycles. The fourth-order valence-electron chi connectivity index (χ4n) is 2.29. The maximum Gasteiger partial charge on any atom is 0.258 e. The predicted octanol–water partition coefficient (Wildman–Crippen LogP) is 4.65. The van der Waals surface area contributed by atoms with Gasteiger partial charge in [0, 0.05) is 34.7 Å². The zero-order valence-corrected chi connectivity index (χ0v) is 15.7. The molecule has 1 radical (unpaired) electrons. The second-order valence-corrected chi connectivity index (χ2v) is 6.29. The number of para-hydroxylation sites is 3. The van der Waals surface area contributed by atoms with Gasteiger partial charge >= 0.3 is 0 Å². The van der Waals surface area contributed by atoms with Crippen LogP contribution in [0.5, 0.6) is 11.5 Å². The van der Waals surface area contributed by atoms with Crippen molar-refractivity contribution >= 4 is 34.1 Å². The van der Waals surface area contributed by atoms with Crippen LogP contribution in [0.15, 0.2) is 78.3 Å². The zero-order chi connectivity index (χ0) is 18.4. The summed E-state index contributed by atoms with van der Waals surface area (Å²) in [4.78, 5) is 4.89. The first-order chi connectivity index (χ1) is 12.6. The van der Waals surface area contributed by atoms with E-state index in [-0.39, 0.29) is 34.3 Å². The largest absolute Gasteiger partial charge is 0.618 e. The third kappa shape index (κ3) is 5.31. The van der Waals surface area contributed by atoms with E-state index in [9.17, 15) is 15.4 Å². The standard InChI is InChI=1S/C11H9NO2S.C9H7NO.Cu/c13-11-6-2-1-5-10(11)12(14)8-9-4-3-7-15-9;11-8-5-1-3-7-4-2-6-10-9(7)8;/h1-8,13H;1-6,11H;/b12-8-;;. The normalized spacial score (nSPS) is 10.6. The number of thiophene rings is 1. The Morgan fingerprint density at radius 1 is 0.889 bits per heavy atom. The van der Waals surface area contributed by atoms with Gasteiger partial charge < -0.3 is 15.4 Å². The molecule has 0 bridgehead atoms. The monoisotopic (exact) mass is 427 g/mol. The molecule has 2 aromatic carbocycles. The topological polar surface area (TPSA) is 79.4 Å². The molecule has 4 rings (SSSR count). The first-order valence-corrected chi connectivity index (χ1v) is 8.68. The number of aromatic hydroxyl groups is 2. The van der Waals surface area contributed by atoms with Gasteiger partial charge in [-0.15, -0.1) is 11.3 Å². The van der Waals surface area contributed by atoms with Crippen LogP contribution in [-0.2, 0) is 17.1 Å². The summed E-state index contributed by atoms with van der Waals surface area (Å²) >= 11 is 1.47. The van der Waals surface area contributed by atoms with Crippen LogP contribution in [0.25, 0.3) is 10.9 Å². The number of nitrogens with zero attached hydrogens (tertiary/aromatic N) is 2. The quantitative estimate of drug-likeness (QED) is 0.160. The molecule has 4 aromatic rings. The number of phenolic OH excluding ortho intramolecular Hbond substituents is 2. The minimum Gasteiger partial charge on any atom is -0.618 e. The van der Waals surface area contributed by atoms with Crippen molar-refractivity contribution < 1.29 is 32.0 Å². The second-order valence-electron chi connectivity index (χ2n) is 5.31. The summed E-state index contributed by atoms with van der Waals surface area (Å²) in [5.74, 6) is 0.225. The molecular formula is C20H16CuN2O3S. The number of pyridine rings is 1. The van der Waals surface area contributed by atoms with Gasteiger partial charge in [-0.05, 0) is 29.6 Å². The van der Waals surface area contributed by atoms with Crippen molar-refractivity contribution in [2.45, 2.75) is 0 Å². The Labute approximate surface area is 170 Å². The van der Waals surface area contributed by atoms with Crippen LogP contribution >= 0.6 is 11.3 Å². The first kappa shape index (κ1) is 20.5. The van der Waals surface area contributed by atoms with Gasteiger partial charge in [-0.2, -0.15) is 4.74 Å². The van der Waals surface area contributed by atoms with Crippen LogP contribution in [0.4, 0.5) is 5.69 Å². The number of hydrogen-bond donors (Lipinski definition) is 2. The van der Waals surface area contributed by atoms with E-state index in [0.717, 1.165) is 10.3 Å². The Kier molecular flexibility index (Phi) is 7.37. The van der Waals surface area contributed by atoms with Gasteiger partial charge in [0.15, 0.2) is 12.0 Å². The van der Waals surface area contributed by atoms with Crippen LogP contribution in [0.1, 0.15) is 4.88 Å². The molecule has 0 aliphatic rings. The molecule has 0 unspecified atom stereocenters. The molecule has 27 heavy (non-hydrogen) atoms. The van der Waals surface area contributed by atoms with Crippen LogP contribution in [0.3, 0.4) is 0 Å². The number of aromatic nitrogens is 1. The third-order valence-electron chi connectivity index (χ3n) is 3.52. The Bertz CT molecular complexity index is 1030. The van der Waals surface area contributed by atoms with Gasteiger partial charge in [-0.3, -0.25) is 4.98 Å². The van der Waals surface area contributed by atoms with E-state index in [1.807, 2.05) is 35.7 Å². The number of rotatable bonds is 2. The zero-order valence-electron chi connectivity index (χ0n) is 14.0. The number of benzene rings is 2. The summed E-state index contributed by atoms with van der Waals surface area (Å²) in [5, 5.41) is 33.3. The van der Waals surface area contributed by atoms with E-state index in [1.54, 1.807) is 36.5 Å². The van der Waals surface area contributed by atoms with Gasteiger partial charge in [-0.1, -0.05) is 36.4 Å². The summed E-state index contributed by atoms with van der Waals surface area (Å²) < 4.78 is 0.668. The van der Waals surface area contributed by atoms with Crippen molar-refractivity contribution in [1.82, 2.24) is 4.98 Å². The van der Waals surface area contributed by atoms with Gasteiger partial charge in [0.2, 0.25) is 0 Å². The third-order valence-corrected chi connectivity index (χ3v) is 4.33. The maximum atomic E-state index is 11.6. The Hall–Kier alpha value is -2.86. The molecular weight excluding hydrogens is 412 g/mol. The van der Waals surface area contributed by atoms with Crippen LogP contribution in [-0.4, -0.2) is 26.2 Å². The van der Waals surface area contributed by atoms with Crippen molar-refractivity contribution in [2.75, 3.05) is 0 Å². The smallest absolute Gasteiger partial charge is 0.258 e. The molecule has 2 heterocycles. The Balaban J connectivity index is 0.000000194. The van der Waals surface area contributed by atoms with Gasteiger partial charge in [0.05, 0.1) is 4.88 Å². The van der Waals surface area contributed by atoms with Gasteiger partial charge in [-0.25, -0.2) is 0 Å². The molecule has 2 N–H and O–H groups in total. The van der Waals surface area contributed by atoms with Gasteiger partial charge in [0.25, 0.3) is 5.69 Å². The van der Waals surface area contributed by atoms with E-state index in [2.05, 4.69) is 4.98 Å². The summed E-state index contributed by atoms with van der Waals surface area (Å²) in [6, 6.07) is 19.3. The van der Waals surface area contributed by atoms with Crippen molar-refractivity contribution in [2.24, 2.45) is 0 Å². The summed E-state index contributed by atoms with van der Waals surface area (Å²) in [6.45, 7) is 0. The van der Waals surface area contributed by atoms with Crippen LogP contribution < -0.4 is 0 Å². The fourth-order valence-corrected chi connectivity index (χ4v) is 2.92. The van der Waals surface area contributed by atoms with E-state index < -0.39 is 0 Å². The van der Waals surface area contributed by atoms with E-state index in [1.165, 1.54) is 23.6 Å². The fraction of sp³-hybridized carbons (Fsp3) is 0. The van der Waals surface area contributed by atoms with E-state index >= 15 is 0 Å². The second kappa shape index (κ2) is 9.73.